The second kappa shape index (κ2) is 6.50. The highest BCUT2D eigenvalue weighted by atomic mass is 35.5. The van der Waals surface area contributed by atoms with Crippen LogP contribution in [0.4, 0.5) is 8.78 Å². The quantitative estimate of drug-likeness (QED) is 0.761. The Morgan fingerprint density at radius 1 is 1.40 bits per heavy atom. The molecule has 0 aliphatic heterocycles. The number of imidazole rings is 1. The van der Waals surface area contributed by atoms with E-state index in [4.69, 9.17) is 16.3 Å². The van der Waals surface area contributed by atoms with Gasteiger partial charge in [-0.15, -0.1) is 11.6 Å². The van der Waals surface area contributed by atoms with Gasteiger partial charge in [0.15, 0.2) is 11.6 Å². The highest BCUT2D eigenvalue weighted by Crippen LogP contribution is 2.27. The summed E-state index contributed by atoms with van der Waals surface area (Å²) in [5, 5.41) is 0. The topological polar surface area (TPSA) is 27.1 Å². The Morgan fingerprint density at radius 2 is 2.15 bits per heavy atom. The highest BCUT2D eigenvalue weighted by Gasteiger charge is 2.22. The zero-order valence-electron chi connectivity index (χ0n) is 11.5. The molecule has 0 saturated heterocycles. The average molecular weight is 303 g/mol. The smallest absolute Gasteiger partial charge is 0.184 e. The molecule has 0 bridgehead atoms. The van der Waals surface area contributed by atoms with Crippen LogP contribution < -0.4 is 0 Å². The van der Waals surface area contributed by atoms with E-state index in [0.717, 1.165) is 12.5 Å². The first-order chi connectivity index (χ1) is 9.63. The minimum Gasteiger partial charge on any atom is -0.383 e. The van der Waals surface area contributed by atoms with Crippen molar-refractivity contribution in [2.24, 2.45) is 0 Å². The fourth-order valence-electron chi connectivity index (χ4n) is 2.39. The van der Waals surface area contributed by atoms with E-state index in [-0.39, 0.29) is 11.6 Å². The van der Waals surface area contributed by atoms with Crippen LogP contribution in [0.25, 0.3) is 11.0 Å². The van der Waals surface area contributed by atoms with Gasteiger partial charge >= 0.3 is 0 Å². The number of benzene rings is 1. The van der Waals surface area contributed by atoms with Crippen molar-refractivity contribution < 1.29 is 13.5 Å². The molecule has 0 aliphatic rings. The first kappa shape index (κ1) is 15.2. The predicted octanol–water partition coefficient (Wildman–Crippen LogP) is 3.69. The zero-order chi connectivity index (χ0) is 14.7. The fraction of sp³-hybridized carbons (Fsp3) is 0.500. The molecule has 6 heteroatoms. The molecule has 0 N–H and O–H groups in total. The number of fused-ring (bicyclic) bond motifs is 1. The molecule has 0 amide bonds. The first-order valence-corrected chi connectivity index (χ1v) is 7.07. The van der Waals surface area contributed by atoms with Crippen molar-refractivity contribution in [3.8, 4) is 0 Å². The van der Waals surface area contributed by atoms with E-state index < -0.39 is 11.6 Å². The second-order valence-corrected chi connectivity index (χ2v) is 4.96. The Bertz CT molecular complexity index is 600. The fourth-order valence-corrected chi connectivity index (χ4v) is 2.56. The molecule has 110 valence electrons. The predicted molar refractivity (Wildman–Crippen MR) is 75.3 cm³/mol. The number of aromatic nitrogens is 2. The normalized spacial score (nSPS) is 13.1. The number of ether oxygens (including phenoxy) is 1. The highest BCUT2D eigenvalue weighted by molar-refractivity contribution is 6.17. The van der Waals surface area contributed by atoms with E-state index in [1.54, 1.807) is 11.7 Å². The Hall–Kier alpha value is -1.20. The van der Waals surface area contributed by atoms with E-state index in [2.05, 4.69) is 4.98 Å². The number of halogens is 3. The third-order valence-electron chi connectivity index (χ3n) is 3.33. The van der Waals surface area contributed by atoms with Crippen molar-refractivity contribution in [2.45, 2.75) is 25.8 Å². The van der Waals surface area contributed by atoms with Gasteiger partial charge in [0.25, 0.3) is 0 Å². The number of aryl methyl sites for hydroxylation is 1. The second-order valence-electron chi connectivity index (χ2n) is 4.58. The minimum absolute atomic E-state index is 0.0977. The van der Waals surface area contributed by atoms with Crippen molar-refractivity contribution in [3.63, 3.8) is 0 Å². The van der Waals surface area contributed by atoms with Crippen LogP contribution in [0.3, 0.4) is 0 Å². The van der Waals surface area contributed by atoms with Gasteiger partial charge in [-0.3, -0.25) is 0 Å². The van der Waals surface area contributed by atoms with Crippen molar-refractivity contribution >= 4 is 22.6 Å². The van der Waals surface area contributed by atoms with Crippen LogP contribution >= 0.6 is 11.6 Å². The van der Waals surface area contributed by atoms with E-state index in [1.807, 2.05) is 6.92 Å². The molecule has 2 rings (SSSR count). The summed E-state index contributed by atoms with van der Waals surface area (Å²) in [5.41, 5.74) is 0.632. The monoisotopic (exact) mass is 302 g/mol. The van der Waals surface area contributed by atoms with Crippen LogP contribution in [-0.2, 0) is 11.2 Å². The molecule has 3 nitrogen and oxygen atoms in total. The standard InChI is InChI=1S/C14H17ClF2N2O/c1-3-9(8-20-2)19-12(6-7-15)18-11-5-4-10(16)13(17)14(11)19/h4-5,9H,3,6-8H2,1-2H3. The summed E-state index contributed by atoms with van der Waals surface area (Å²) in [4.78, 5) is 4.37. The van der Waals surface area contributed by atoms with Gasteiger partial charge in [-0.05, 0) is 18.6 Å². The number of hydrogen-bond donors (Lipinski definition) is 0. The summed E-state index contributed by atoms with van der Waals surface area (Å²) >= 11 is 5.78. The number of hydrogen-bond acceptors (Lipinski definition) is 2. The number of nitrogens with zero attached hydrogens (tertiary/aromatic N) is 2. The molecule has 1 aromatic carbocycles. The average Bonchev–Trinajstić information content (AvgIpc) is 2.80. The molecule has 0 spiro atoms. The molecular formula is C14H17ClF2N2O. The zero-order valence-corrected chi connectivity index (χ0v) is 12.3. The van der Waals surface area contributed by atoms with E-state index >= 15 is 0 Å². The molecule has 0 fully saturated rings. The molecule has 0 aliphatic carbocycles. The van der Waals surface area contributed by atoms with Crippen LogP contribution in [0.15, 0.2) is 12.1 Å². The van der Waals surface area contributed by atoms with E-state index in [0.29, 0.717) is 30.2 Å². The molecule has 0 radical (unpaired) electrons. The number of methoxy groups -OCH3 is 1. The Balaban J connectivity index is 2.68. The van der Waals surface area contributed by atoms with Gasteiger partial charge in [-0.1, -0.05) is 6.92 Å². The van der Waals surface area contributed by atoms with Crippen LogP contribution in [0.2, 0.25) is 0 Å². The molecule has 1 unspecified atom stereocenters. The maximum absolute atomic E-state index is 14.1. The first-order valence-electron chi connectivity index (χ1n) is 6.53. The SMILES string of the molecule is CCC(COC)n1c(CCCl)nc2ccc(F)c(F)c21. The van der Waals surface area contributed by atoms with Gasteiger partial charge in [0.2, 0.25) is 0 Å². The largest absolute Gasteiger partial charge is 0.383 e. The van der Waals surface area contributed by atoms with Crippen molar-refractivity contribution in [2.75, 3.05) is 19.6 Å². The van der Waals surface area contributed by atoms with Crippen molar-refractivity contribution in [3.05, 3.63) is 29.6 Å². The van der Waals surface area contributed by atoms with Gasteiger partial charge in [0, 0.05) is 19.4 Å². The molecule has 2 aromatic rings. The van der Waals surface area contributed by atoms with Crippen LogP contribution in [0.1, 0.15) is 25.2 Å². The maximum atomic E-state index is 14.1. The Kier molecular flexibility index (Phi) is 4.94. The van der Waals surface area contributed by atoms with Crippen LogP contribution in [0.5, 0.6) is 0 Å². The lowest BCUT2D eigenvalue weighted by Gasteiger charge is -2.19. The summed E-state index contributed by atoms with van der Waals surface area (Å²) in [7, 11) is 1.58. The minimum atomic E-state index is -0.872. The van der Waals surface area contributed by atoms with Gasteiger partial charge in [0.1, 0.15) is 11.3 Å². The summed E-state index contributed by atoms with van der Waals surface area (Å²) in [6, 6.07) is 2.48. The number of alkyl halides is 1. The Morgan fingerprint density at radius 3 is 2.75 bits per heavy atom. The Labute approximate surface area is 121 Å². The van der Waals surface area contributed by atoms with Crippen LogP contribution in [-0.4, -0.2) is 29.1 Å². The summed E-state index contributed by atoms with van der Waals surface area (Å²) in [6.07, 6.45) is 1.22. The van der Waals surface area contributed by atoms with Gasteiger partial charge in [-0.25, -0.2) is 13.8 Å². The van der Waals surface area contributed by atoms with E-state index in [9.17, 15) is 8.78 Å². The summed E-state index contributed by atoms with van der Waals surface area (Å²) < 4.78 is 34.5. The lowest BCUT2D eigenvalue weighted by atomic mass is 10.2. The maximum Gasteiger partial charge on any atom is 0.184 e. The van der Waals surface area contributed by atoms with Crippen molar-refractivity contribution in [1.82, 2.24) is 9.55 Å². The van der Waals surface area contributed by atoms with Gasteiger partial charge in [0.05, 0.1) is 18.2 Å². The third-order valence-corrected chi connectivity index (χ3v) is 3.52. The third kappa shape index (κ3) is 2.65. The van der Waals surface area contributed by atoms with Crippen molar-refractivity contribution in [1.29, 1.82) is 0 Å². The molecule has 1 heterocycles. The van der Waals surface area contributed by atoms with Gasteiger partial charge in [-0.2, -0.15) is 0 Å². The molecule has 1 atom stereocenters. The summed E-state index contributed by atoms with van der Waals surface area (Å²) in [6.45, 7) is 2.38. The van der Waals surface area contributed by atoms with Gasteiger partial charge < -0.3 is 9.30 Å². The molecule has 20 heavy (non-hydrogen) atoms. The molecule has 0 saturated carbocycles. The van der Waals surface area contributed by atoms with E-state index in [1.165, 1.54) is 6.07 Å². The number of rotatable bonds is 6. The lowest BCUT2D eigenvalue weighted by molar-refractivity contribution is 0.153. The lowest BCUT2D eigenvalue weighted by Crippen LogP contribution is -2.17. The summed E-state index contributed by atoms with van der Waals surface area (Å²) in [5.74, 6) is -0.714. The molecule has 1 aromatic heterocycles. The molecular weight excluding hydrogens is 286 g/mol. The van der Waals surface area contributed by atoms with Crippen LogP contribution in [0, 0.1) is 11.6 Å².